The van der Waals surface area contributed by atoms with Crippen molar-refractivity contribution in [3.63, 3.8) is 0 Å². The van der Waals surface area contributed by atoms with Crippen LogP contribution >= 0.6 is 0 Å². The van der Waals surface area contributed by atoms with Gasteiger partial charge in [0.15, 0.2) is 5.82 Å². The summed E-state index contributed by atoms with van der Waals surface area (Å²) in [6.45, 7) is 0. The van der Waals surface area contributed by atoms with Crippen LogP contribution in [0.3, 0.4) is 0 Å². The number of fused-ring (bicyclic) bond motifs is 8. The summed E-state index contributed by atoms with van der Waals surface area (Å²) in [5.41, 5.74) is 13.2. The molecule has 10 aromatic rings. The Balaban J connectivity index is 1.20. The van der Waals surface area contributed by atoms with Crippen LogP contribution < -0.4 is 0 Å². The Kier molecular flexibility index (Phi) is 6.81. The molecule has 0 saturated carbocycles. The SMILES string of the molecule is c1ccc(-c2cc(-c3ccccc3)nc(-c3cccc(-c4ccc5c(-c6ccccc6)c6c7ccccc7c7ccccc7n6c5c4)c3)n2)cc1. The monoisotopic (exact) mass is 649 g/mol. The van der Waals surface area contributed by atoms with Gasteiger partial charge in [0.05, 0.1) is 27.9 Å². The van der Waals surface area contributed by atoms with Crippen molar-refractivity contribution in [2.75, 3.05) is 0 Å². The maximum absolute atomic E-state index is 5.11. The Hall–Kier alpha value is -6.84. The molecule has 0 amide bonds. The molecule has 0 aliphatic rings. The van der Waals surface area contributed by atoms with Gasteiger partial charge in [-0.25, -0.2) is 9.97 Å². The highest BCUT2D eigenvalue weighted by atomic mass is 14.9. The van der Waals surface area contributed by atoms with Crippen molar-refractivity contribution in [1.29, 1.82) is 0 Å². The van der Waals surface area contributed by atoms with Crippen molar-refractivity contribution in [3.8, 4) is 56.2 Å². The zero-order chi connectivity index (χ0) is 33.7. The second-order valence-electron chi connectivity index (χ2n) is 13.0. The van der Waals surface area contributed by atoms with E-state index < -0.39 is 0 Å². The first-order valence-electron chi connectivity index (χ1n) is 17.3. The van der Waals surface area contributed by atoms with Gasteiger partial charge in [0.1, 0.15) is 0 Å². The molecule has 0 bridgehead atoms. The smallest absolute Gasteiger partial charge is 0.160 e. The maximum atomic E-state index is 5.11. The number of para-hydroxylation sites is 1. The van der Waals surface area contributed by atoms with Gasteiger partial charge in [-0.15, -0.1) is 0 Å². The Morgan fingerprint density at radius 3 is 1.53 bits per heavy atom. The molecule has 238 valence electrons. The van der Waals surface area contributed by atoms with Gasteiger partial charge in [-0.05, 0) is 46.3 Å². The lowest BCUT2D eigenvalue weighted by molar-refractivity contribution is 1.18. The molecule has 0 radical (unpaired) electrons. The summed E-state index contributed by atoms with van der Waals surface area (Å²) in [5, 5.41) is 4.99. The molecule has 3 heterocycles. The van der Waals surface area contributed by atoms with Crippen molar-refractivity contribution >= 4 is 38.1 Å². The topological polar surface area (TPSA) is 30.2 Å². The van der Waals surface area contributed by atoms with Gasteiger partial charge in [0.25, 0.3) is 0 Å². The largest absolute Gasteiger partial charge is 0.308 e. The minimum atomic E-state index is 0.704. The van der Waals surface area contributed by atoms with Gasteiger partial charge in [-0.3, -0.25) is 0 Å². The number of pyridine rings is 1. The average Bonchev–Trinajstić information content (AvgIpc) is 3.57. The van der Waals surface area contributed by atoms with E-state index in [-0.39, 0.29) is 0 Å². The van der Waals surface area contributed by atoms with Gasteiger partial charge in [0, 0.05) is 38.4 Å². The van der Waals surface area contributed by atoms with Crippen LogP contribution in [0.25, 0.3) is 94.3 Å². The molecular formula is C48H31N3. The van der Waals surface area contributed by atoms with E-state index in [1.807, 2.05) is 12.1 Å². The lowest BCUT2D eigenvalue weighted by Crippen LogP contribution is -1.96. The zero-order valence-electron chi connectivity index (χ0n) is 27.7. The highest BCUT2D eigenvalue weighted by Crippen LogP contribution is 2.43. The van der Waals surface area contributed by atoms with Gasteiger partial charge in [-0.2, -0.15) is 0 Å². The fourth-order valence-electron chi connectivity index (χ4n) is 7.62. The number of hydrogen-bond donors (Lipinski definition) is 0. The first-order chi connectivity index (χ1) is 25.3. The summed E-state index contributed by atoms with van der Waals surface area (Å²) >= 11 is 0. The van der Waals surface area contributed by atoms with E-state index in [1.165, 1.54) is 49.2 Å². The standard InChI is InChI=1S/C48H31N3/c1-4-15-32(16-5-1)42-31-43(33-17-6-2-7-18-33)50-48(49-42)37-22-14-21-35(29-37)36-27-28-41-45(30-36)51-44-26-13-12-24-39(44)38-23-10-11-25-40(38)47(51)46(41)34-19-8-3-9-20-34/h1-31H. The average molecular weight is 650 g/mol. The molecule has 0 spiro atoms. The molecule has 0 fully saturated rings. The second-order valence-corrected chi connectivity index (χ2v) is 13.0. The molecule has 3 heteroatoms. The molecule has 7 aromatic carbocycles. The normalized spacial score (nSPS) is 11.5. The third-order valence-electron chi connectivity index (χ3n) is 9.97. The second kappa shape index (κ2) is 11.9. The number of benzene rings is 7. The van der Waals surface area contributed by atoms with Crippen LogP contribution in [-0.2, 0) is 0 Å². The summed E-state index contributed by atoms with van der Waals surface area (Å²) < 4.78 is 2.47. The fraction of sp³-hybridized carbons (Fsp3) is 0. The molecule has 51 heavy (non-hydrogen) atoms. The summed E-state index contributed by atoms with van der Waals surface area (Å²) in [5.74, 6) is 0.704. The number of nitrogens with zero attached hydrogens (tertiary/aromatic N) is 3. The van der Waals surface area contributed by atoms with E-state index in [2.05, 4.69) is 180 Å². The van der Waals surface area contributed by atoms with Crippen LogP contribution in [0.4, 0.5) is 0 Å². The quantitative estimate of drug-likeness (QED) is 0.174. The molecule has 10 rings (SSSR count). The van der Waals surface area contributed by atoms with E-state index >= 15 is 0 Å². The number of rotatable bonds is 5. The van der Waals surface area contributed by atoms with E-state index in [0.29, 0.717) is 5.82 Å². The van der Waals surface area contributed by atoms with Crippen LogP contribution in [0.1, 0.15) is 0 Å². The zero-order valence-corrected chi connectivity index (χ0v) is 27.7. The molecule has 0 atom stereocenters. The molecule has 3 aromatic heterocycles. The van der Waals surface area contributed by atoms with Gasteiger partial charge in [-0.1, -0.05) is 164 Å². The molecule has 0 saturated heterocycles. The minimum Gasteiger partial charge on any atom is -0.308 e. The summed E-state index contributed by atoms with van der Waals surface area (Å²) in [6, 6.07) is 66.7. The van der Waals surface area contributed by atoms with Crippen molar-refractivity contribution in [1.82, 2.24) is 14.4 Å². The van der Waals surface area contributed by atoms with Gasteiger partial charge >= 0.3 is 0 Å². The highest BCUT2D eigenvalue weighted by molar-refractivity contribution is 6.22. The molecular weight excluding hydrogens is 619 g/mol. The van der Waals surface area contributed by atoms with E-state index in [9.17, 15) is 0 Å². The van der Waals surface area contributed by atoms with Crippen LogP contribution in [0.2, 0.25) is 0 Å². The van der Waals surface area contributed by atoms with E-state index in [0.717, 1.165) is 39.2 Å². The Labute approximate surface area is 295 Å². The third-order valence-corrected chi connectivity index (χ3v) is 9.97. The third kappa shape index (κ3) is 4.90. The molecule has 3 nitrogen and oxygen atoms in total. The summed E-state index contributed by atoms with van der Waals surface area (Å²) in [4.78, 5) is 10.2. The molecule has 0 aliphatic carbocycles. The molecule has 0 unspecified atom stereocenters. The lowest BCUT2D eigenvalue weighted by atomic mass is 9.97. The predicted octanol–water partition coefficient (Wildman–Crippen LogP) is 12.5. The van der Waals surface area contributed by atoms with E-state index in [1.54, 1.807) is 0 Å². The fourth-order valence-corrected chi connectivity index (χ4v) is 7.62. The molecule has 0 aliphatic heterocycles. The first-order valence-corrected chi connectivity index (χ1v) is 17.3. The summed E-state index contributed by atoms with van der Waals surface area (Å²) in [7, 11) is 0. The van der Waals surface area contributed by atoms with Crippen LogP contribution in [0, 0.1) is 0 Å². The molecule has 0 N–H and O–H groups in total. The maximum Gasteiger partial charge on any atom is 0.160 e. The Morgan fingerprint density at radius 1 is 0.314 bits per heavy atom. The number of aromatic nitrogens is 3. The van der Waals surface area contributed by atoms with Gasteiger partial charge < -0.3 is 4.40 Å². The van der Waals surface area contributed by atoms with Crippen LogP contribution in [-0.4, -0.2) is 14.4 Å². The highest BCUT2D eigenvalue weighted by Gasteiger charge is 2.20. The first kappa shape index (κ1) is 29.1. The van der Waals surface area contributed by atoms with Crippen LogP contribution in [0.15, 0.2) is 188 Å². The Morgan fingerprint density at radius 2 is 0.843 bits per heavy atom. The van der Waals surface area contributed by atoms with E-state index in [4.69, 9.17) is 9.97 Å². The van der Waals surface area contributed by atoms with Gasteiger partial charge in [0.2, 0.25) is 0 Å². The lowest BCUT2D eigenvalue weighted by Gasteiger charge is -2.12. The number of hydrogen-bond acceptors (Lipinski definition) is 2. The Bertz CT molecular complexity index is 2830. The minimum absolute atomic E-state index is 0.704. The summed E-state index contributed by atoms with van der Waals surface area (Å²) in [6.07, 6.45) is 0. The van der Waals surface area contributed by atoms with Crippen molar-refractivity contribution in [2.24, 2.45) is 0 Å². The van der Waals surface area contributed by atoms with Crippen LogP contribution in [0.5, 0.6) is 0 Å². The van der Waals surface area contributed by atoms with Crippen molar-refractivity contribution < 1.29 is 0 Å². The van der Waals surface area contributed by atoms with Crippen molar-refractivity contribution in [3.05, 3.63) is 188 Å². The van der Waals surface area contributed by atoms with Crippen molar-refractivity contribution in [2.45, 2.75) is 0 Å². The predicted molar refractivity (Wildman–Crippen MR) is 213 cm³/mol.